The summed E-state index contributed by atoms with van der Waals surface area (Å²) in [6, 6.07) is 26.8. The van der Waals surface area contributed by atoms with Crippen molar-refractivity contribution in [2.24, 2.45) is 0 Å². The average molecular weight is 383 g/mol. The minimum atomic E-state index is -0.0228. The lowest BCUT2D eigenvalue weighted by Crippen LogP contribution is -2.28. The quantitative estimate of drug-likeness (QED) is 0.430. The molecule has 3 aromatic carbocycles. The molecule has 2 atom stereocenters. The molecule has 1 aromatic heterocycles. The number of H-pyrrole nitrogens is 1. The Bertz CT molecular complexity index is 1100. The fraction of sp³-hybridized carbons (Fsp3) is 0.192. The van der Waals surface area contributed by atoms with Crippen molar-refractivity contribution >= 4 is 16.8 Å². The summed E-state index contributed by atoms with van der Waals surface area (Å²) in [5.74, 6) is 0.0481. The molecule has 0 bridgehead atoms. The zero-order chi connectivity index (χ0) is 20.2. The SMILES string of the molecule is Cc1ccc([C@H](CC(=O)N[C@@H](C)c2ccccc2)c2c[nH]c3ccccc23)cc1. The molecule has 1 amide bonds. The van der Waals surface area contributed by atoms with E-state index >= 15 is 0 Å². The highest BCUT2D eigenvalue weighted by molar-refractivity contribution is 5.86. The Hall–Kier alpha value is -3.33. The molecule has 0 spiro atoms. The van der Waals surface area contributed by atoms with Crippen LogP contribution in [0.5, 0.6) is 0 Å². The van der Waals surface area contributed by atoms with E-state index in [0.717, 1.165) is 22.2 Å². The molecule has 0 fully saturated rings. The van der Waals surface area contributed by atoms with Gasteiger partial charge < -0.3 is 10.3 Å². The van der Waals surface area contributed by atoms with Crippen LogP contribution in [0.4, 0.5) is 0 Å². The molecular weight excluding hydrogens is 356 g/mol. The third-order valence-corrected chi connectivity index (χ3v) is 5.54. The highest BCUT2D eigenvalue weighted by Crippen LogP contribution is 2.33. The molecule has 0 saturated carbocycles. The maximum atomic E-state index is 13.0. The topological polar surface area (TPSA) is 44.9 Å². The molecule has 0 aliphatic rings. The van der Waals surface area contributed by atoms with E-state index in [2.05, 4.69) is 53.6 Å². The molecule has 4 rings (SSSR count). The summed E-state index contributed by atoms with van der Waals surface area (Å²) in [6.45, 7) is 4.11. The third kappa shape index (κ3) is 4.24. The number of para-hydroxylation sites is 1. The van der Waals surface area contributed by atoms with Gasteiger partial charge in [-0.25, -0.2) is 0 Å². The lowest BCUT2D eigenvalue weighted by atomic mass is 9.87. The van der Waals surface area contributed by atoms with Crippen molar-refractivity contribution in [2.75, 3.05) is 0 Å². The molecule has 0 radical (unpaired) electrons. The molecule has 0 aliphatic carbocycles. The fourth-order valence-electron chi connectivity index (χ4n) is 3.90. The number of benzene rings is 3. The van der Waals surface area contributed by atoms with Crippen LogP contribution >= 0.6 is 0 Å². The van der Waals surface area contributed by atoms with E-state index in [-0.39, 0.29) is 17.9 Å². The molecule has 146 valence electrons. The summed E-state index contributed by atoms with van der Waals surface area (Å²) in [4.78, 5) is 16.3. The van der Waals surface area contributed by atoms with Crippen molar-refractivity contribution in [1.29, 1.82) is 0 Å². The van der Waals surface area contributed by atoms with Crippen LogP contribution in [0.3, 0.4) is 0 Å². The van der Waals surface area contributed by atoms with Gasteiger partial charge in [-0.3, -0.25) is 4.79 Å². The number of carbonyl (C=O) groups excluding carboxylic acids is 1. The van der Waals surface area contributed by atoms with Gasteiger partial charge >= 0.3 is 0 Å². The number of aromatic amines is 1. The van der Waals surface area contributed by atoms with Crippen LogP contribution in [0.15, 0.2) is 85.1 Å². The standard InChI is InChI=1S/C26H26N2O/c1-18-12-14-21(15-13-18)23(24-17-27-25-11-7-6-10-22(24)25)16-26(29)28-19(2)20-8-4-3-5-9-20/h3-15,17,19,23,27H,16H2,1-2H3,(H,28,29)/t19-,23-/m0/s1. The van der Waals surface area contributed by atoms with Gasteiger partial charge in [-0.1, -0.05) is 78.4 Å². The lowest BCUT2D eigenvalue weighted by molar-refractivity contribution is -0.121. The van der Waals surface area contributed by atoms with Crippen molar-refractivity contribution in [1.82, 2.24) is 10.3 Å². The fourth-order valence-corrected chi connectivity index (χ4v) is 3.90. The molecular formula is C26H26N2O. The van der Waals surface area contributed by atoms with Gasteiger partial charge in [-0.2, -0.15) is 0 Å². The predicted octanol–water partition coefficient (Wildman–Crippen LogP) is 5.88. The number of rotatable bonds is 6. The van der Waals surface area contributed by atoms with E-state index in [1.165, 1.54) is 10.9 Å². The number of aromatic nitrogens is 1. The number of fused-ring (bicyclic) bond motifs is 1. The largest absolute Gasteiger partial charge is 0.361 e. The van der Waals surface area contributed by atoms with Crippen LogP contribution in [0, 0.1) is 6.92 Å². The zero-order valence-corrected chi connectivity index (χ0v) is 16.9. The summed E-state index contributed by atoms with van der Waals surface area (Å²) in [5, 5.41) is 4.34. The normalized spacial score (nSPS) is 13.2. The maximum absolute atomic E-state index is 13.0. The van der Waals surface area contributed by atoms with Gasteiger partial charge in [-0.05, 0) is 36.6 Å². The molecule has 1 heterocycles. The first-order valence-electron chi connectivity index (χ1n) is 10.1. The van der Waals surface area contributed by atoms with E-state index in [1.807, 2.05) is 55.6 Å². The smallest absolute Gasteiger partial charge is 0.221 e. The highest BCUT2D eigenvalue weighted by atomic mass is 16.1. The van der Waals surface area contributed by atoms with Gasteiger partial charge in [0.2, 0.25) is 5.91 Å². The van der Waals surface area contributed by atoms with Gasteiger partial charge in [0.1, 0.15) is 0 Å². The zero-order valence-electron chi connectivity index (χ0n) is 16.9. The monoisotopic (exact) mass is 382 g/mol. The Kier molecular flexibility index (Phi) is 5.48. The van der Waals surface area contributed by atoms with Crippen LogP contribution in [0.1, 0.15) is 47.6 Å². The molecule has 29 heavy (non-hydrogen) atoms. The number of amides is 1. The number of hydrogen-bond acceptors (Lipinski definition) is 1. The molecule has 0 saturated heterocycles. The third-order valence-electron chi connectivity index (χ3n) is 5.54. The second-order valence-electron chi connectivity index (χ2n) is 7.66. The second-order valence-corrected chi connectivity index (χ2v) is 7.66. The minimum absolute atomic E-state index is 0.00489. The van der Waals surface area contributed by atoms with Crippen LogP contribution in [-0.4, -0.2) is 10.9 Å². The molecule has 0 unspecified atom stereocenters. The van der Waals surface area contributed by atoms with Crippen molar-refractivity contribution in [3.63, 3.8) is 0 Å². The van der Waals surface area contributed by atoms with Gasteiger partial charge in [0.25, 0.3) is 0 Å². The van der Waals surface area contributed by atoms with Gasteiger partial charge in [0.15, 0.2) is 0 Å². The van der Waals surface area contributed by atoms with E-state index in [0.29, 0.717) is 6.42 Å². The Labute approximate surface area is 171 Å². The van der Waals surface area contributed by atoms with Gasteiger partial charge in [0, 0.05) is 29.4 Å². The number of carbonyl (C=O) groups is 1. The first-order chi connectivity index (χ1) is 14.1. The summed E-state index contributed by atoms with van der Waals surface area (Å²) >= 11 is 0. The van der Waals surface area contributed by atoms with E-state index in [4.69, 9.17) is 0 Å². The van der Waals surface area contributed by atoms with E-state index in [1.54, 1.807) is 0 Å². The van der Waals surface area contributed by atoms with Crippen LogP contribution < -0.4 is 5.32 Å². The van der Waals surface area contributed by atoms with Crippen LogP contribution in [-0.2, 0) is 4.79 Å². The molecule has 0 aliphatic heterocycles. The highest BCUT2D eigenvalue weighted by Gasteiger charge is 2.22. The molecule has 2 N–H and O–H groups in total. The summed E-state index contributed by atoms with van der Waals surface area (Å²) in [5.41, 5.74) is 5.74. The number of aryl methyl sites for hydroxylation is 1. The number of nitrogens with one attached hydrogen (secondary N) is 2. The lowest BCUT2D eigenvalue weighted by Gasteiger charge is -2.20. The Morgan fingerprint density at radius 3 is 2.34 bits per heavy atom. The Morgan fingerprint density at radius 1 is 0.897 bits per heavy atom. The first kappa shape index (κ1) is 19.0. The average Bonchev–Trinajstić information content (AvgIpc) is 3.17. The Morgan fingerprint density at radius 2 is 1.59 bits per heavy atom. The van der Waals surface area contributed by atoms with Gasteiger partial charge in [0.05, 0.1) is 6.04 Å². The number of hydrogen-bond donors (Lipinski definition) is 2. The summed E-state index contributed by atoms with van der Waals surface area (Å²) in [6.07, 6.45) is 2.45. The first-order valence-corrected chi connectivity index (χ1v) is 10.1. The van der Waals surface area contributed by atoms with Crippen LogP contribution in [0.25, 0.3) is 10.9 Å². The predicted molar refractivity (Wildman–Crippen MR) is 119 cm³/mol. The maximum Gasteiger partial charge on any atom is 0.221 e. The molecule has 3 nitrogen and oxygen atoms in total. The van der Waals surface area contributed by atoms with Crippen molar-refractivity contribution in [3.8, 4) is 0 Å². The van der Waals surface area contributed by atoms with Gasteiger partial charge in [-0.15, -0.1) is 0 Å². The Balaban J connectivity index is 1.62. The molecule has 3 heteroatoms. The van der Waals surface area contributed by atoms with Crippen molar-refractivity contribution < 1.29 is 4.79 Å². The summed E-state index contributed by atoms with van der Waals surface area (Å²) < 4.78 is 0. The van der Waals surface area contributed by atoms with E-state index in [9.17, 15) is 4.79 Å². The molecule has 4 aromatic rings. The van der Waals surface area contributed by atoms with Crippen molar-refractivity contribution in [3.05, 3.63) is 107 Å². The van der Waals surface area contributed by atoms with E-state index < -0.39 is 0 Å². The second kappa shape index (κ2) is 8.36. The summed E-state index contributed by atoms with van der Waals surface area (Å²) in [7, 11) is 0. The van der Waals surface area contributed by atoms with Crippen molar-refractivity contribution in [2.45, 2.75) is 32.2 Å². The minimum Gasteiger partial charge on any atom is -0.361 e. The van der Waals surface area contributed by atoms with Crippen LogP contribution in [0.2, 0.25) is 0 Å².